The summed E-state index contributed by atoms with van der Waals surface area (Å²) < 4.78 is 0. The van der Waals surface area contributed by atoms with Gasteiger partial charge in [-0.1, -0.05) is 0 Å². The van der Waals surface area contributed by atoms with Crippen LogP contribution in [0.2, 0.25) is 0 Å². The minimum absolute atomic E-state index is 0.0799. The molecule has 1 aliphatic rings. The van der Waals surface area contributed by atoms with E-state index < -0.39 is 0 Å². The van der Waals surface area contributed by atoms with Crippen molar-refractivity contribution in [2.75, 3.05) is 19.9 Å². The number of hydrogen-bond donors (Lipinski definition) is 4. The average molecular weight is 117 g/mol. The first kappa shape index (κ1) is 5.97. The van der Waals surface area contributed by atoms with Gasteiger partial charge in [-0.2, -0.15) is 0 Å². The Bertz CT molecular complexity index is 62.3. The quantitative estimate of drug-likeness (QED) is 0.321. The molecule has 4 N–H and O–H groups in total. The summed E-state index contributed by atoms with van der Waals surface area (Å²) in [5, 5.41) is 17.5. The molecular weight excluding hydrogens is 106 g/mol. The largest absolute Gasteiger partial charge is 0.393 e. The molecule has 1 rings (SSSR count). The Balaban J connectivity index is 2.13. The lowest BCUT2D eigenvalue weighted by molar-refractivity contribution is 0.196. The van der Waals surface area contributed by atoms with Crippen molar-refractivity contribution >= 4 is 0 Å². The monoisotopic (exact) mass is 117 g/mol. The van der Waals surface area contributed by atoms with Crippen molar-refractivity contribution < 1.29 is 5.11 Å². The van der Waals surface area contributed by atoms with Crippen LogP contribution in [-0.2, 0) is 0 Å². The molecule has 1 fully saturated rings. The van der Waals surface area contributed by atoms with E-state index in [0.717, 1.165) is 13.3 Å². The summed E-state index contributed by atoms with van der Waals surface area (Å²) in [6, 6.07) is 0. The van der Waals surface area contributed by atoms with Gasteiger partial charge in [-0.05, 0) is 0 Å². The van der Waals surface area contributed by atoms with Gasteiger partial charge in [0.15, 0.2) is 0 Å². The lowest BCUT2D eigenvalue weighted by Crippen LogP contribution is -2.57. The van der Waals surface area contributed by atoms with Crippen molar-refractivity contribution in [1.82, 2.24) is 16.0 Å². The van der Waals surface area contributed by atoms with Crippen LogP contribution in [0.3, 0.4) is 0 Å². The van der Waals surface area contributed by atoms with Crippen LogP contribution in [0.1, 0.15) is 0 Å². The van der Waals surface area contributed by atoms with E-state index >= 15 is 0 Å². The van der Waals surface area contributed by atoms with Gasteiger partial charge in [0.05, 0.1) is 12.8 Å². The van der Waals surface area contributed by atoms with Gasteiger partial charge in [-0.25, -0.2) is 0 Å². The normalized spacial score (nSPS) is 23.6. The fourth-order valence-corrected chi connectivity index (χ4v) is 0.655. The van der Waals surface area contributed by atoms with Crippen molar-refractivity contribution in [2.45, 2.75) is 6.17 Å². The van der Waals surface area contributed by atoms with Gasteiger partial charge in [-0.15, -0.1) is 0 Å². The van der Waals surface area contributed by atoms with Gasteiger partial charge >= 0.3 is 0 Å². The van der Waals surface area contributed by atoms with Crippen LogP contribution in [0.15, 0.2) is 0 Å². The summed E-state index contributed by atoms with van der Waals surface area (Å²) in [4.78, 5) is 0. The molecule has 0 amide bonds. The molecule has 1 saturated heterocycles. The Kier molecular flexibility index (Phi) is 2.23. The van der Waals surface area contributed by atoms with Crippen LogP contribution in [-0.4, -0.2) is 31.2 Å². The van der Waals surface area contributed by atoms with E-state index in [0.29, 0.717) is 0 Å². The maximum absolute atomic E-state index is 8.54. The topological polar surface area (TPSA) is 56.3 Å². The molecule has 0 radical (unpaired) electrons. The summed E-state index contributed by atoms with van der Waals surface area (Å²) >= 11 is 0. The molecule has 0 unspecified atom stereocenters. The van der Waals surface area contributed by atoms with Crippen LogP contribution in [0.5, 0.6) is 0 Å². The number of aliphatic hydroxyl groups excluding tert-OH is 1. The Morgan fingerprint density at radius 1 is 1.38 bits per heavy atom. The van der Waals surface area contributed by atoms with Crippen LogP contribution in [0.4, 0.5) is 0 Å². The third-order valence-corrected chi connectivity index (χ3v) is 1.13. The zero-order valence-electron chi connectivity index (χ0n) is 4.65. The Hall–Kier alpha value is -0.160. The van der Waals surface area contributed by atoms with Crippen molar-refractivity contribution in [3.8, 4) is 0 Å². The Morgan fingerprint density at radius 2 is 2.00 bits per heavy atom. The van der Waals surface area contributed by atoms with E-state index in [2.05, 4.69) is 16.0 Å². The van der Waals surface area contributed by atoms with E-state index in [1.54, 1.807) is 0 Å². The zero-order valence-corrected chi connectivity index (χ0v) is 4.65. The average Bonchev–Trinajstić information content (AvgIpc) is 1.90. The molecule has 48 valence electrons. The molecule has 0 aliphatic carbocycles. The van der Waals surface area contributed by atoms with Crippen LogP contribution in [0.25, 0.3) is 0 Å². The van der Waals surface area contributed by atoms with Crippen molar-refractivity contribution in [1.29, 1.82) is 0 Å². The highest BCUT2D eigenvalue weighted by Gasteiger charge is 2.06. The second-order valence-corrected chi connectivity index (χ2v) is 1.75. The van der Waals surface area contributed by atoms with Gasteiger partial charge in [0.25, 0.3) is 0 Å². The zero-order chi connectivity index (χ0) is 5.82. The summed E-state index contributed by atoms with van der Waals surface area (Å²) in [7, 11) is 0. The van der Waals surface area contributed by atoms with Crippen molar-refractivity contribution in [2.24, 2.45) is 0 Å². The number of aliphatic hydroxyl groups is 1. The molecule has 4 nitrogen and oxygen atoms in total. The smallest absolute Gasteiger partial charge is 0.0830 e. The summed E-state index contributed by atoms with van der Waals surface area (Å²) in [5.41, 5.74) is 0. The van der Waals surface area contributed by atoms with Crippen LogP contribution < -0.4 is 16.0 Å². The van der Waals surface area contributed by atoms with E-state index in [4.69, 9.17) is 5.11 Å². The van der Waals surface area contributed by atoms with E-state index in [9.17, 15) is 0 Å². The first-order chi connectivity index (χ1) is 3.93. The highest BCUT2D eigenvalue weighted by atomic mass is 16.3. The number of rotatable bonds is 1. The Morgan fingerprint density at radius 3 is 2.38 bits per heavy atom. The molecule has 0 spiro atoms. The molecule has 1 aliphatic heterocycles. The van der Waals surface area contributed by atoms with E-state index in [-0.39, 0.29) is 12.8 Å². The molecule has 0 aromatic rings. The number of nitrogens with one attached hydrogen (secondary N) is 3. The van der Waals surface area contributed by atoms with Crippen molar-refractivity contribution in [3.63, 3.8) is 0 Å². The predicted molar refractivity (Wildman–Crippen MR) is 30.0 cm³/mol. The fourth-order valence-electron chi connectivity index (χ4n) is 0.655. The minimum Gasteiger partial charge on any atom is -0.393 e. The van der Waals surface area contributed by atoms with Crippen molar-refractivity contribution in [3.05, 3.63) is 0 Å². The Labute approximate surface area is 48.3 Å². The summed E-state index contributed by atoms with van der Waals surface area (Å²) in [6.45, 7) is 1.71. The standard InChI is InChI=1S/C4H11N3O/c8-1-4-6-2-5-3-7-4/h4-8H,1-3H2. The van der Waals surface area contributed by atoms with Crippen LogP contribution >= 0.6 is 0 Å². The van der Waals surface area contributed by atoms with Gasteiger partial charge in [0, 0.05) is 13.3 Å². The molecule has 0 aromatic heterocycles. The second-order valence-electron chi connectivity index (χ2n) is 1.75. The molecule has 0 atom stereocenters. The molecule has 4 heteroatoms. The SMILES string of the molecule is OCC1NCNCN1. The summed E-state index contributed by atoms with van der Waals surface area (Å²) in [6.07, 6.45) is 0.0799. The highest BCUT2D eigenvalue weighted by molar-refractivity contribution is 4.65. The minimum atomic E-state index is 0.0799. The lowest BCUT2D eigenvalue weighted by Gasteiger charge is -2.23. The third kappa shape index (κ3) is 1.41. The van der Waals surface area contributed by atoms with Crippen LogP contribution in [0, 0.1) is 0 Å². The van der Waals surface area contributed by atoms with E-state index in [1.165, 1.54) is 0 Å². The lowest BCUT2D eigenvalue weighted by atomic mass is 10.5. The maximum atomic E-state index is 8.54. The highest BCUT2D eigenvalue weighted by Crippen LogP contribution is 1.75. The van der Waals surface area contributed by atoms with Gasteiger partial charge < -0.3 is 5.11 Å². The first-order valence-electron chi connectivity index (χ1n) is 2.72. The molecule has 8 heavy (non-hydrogen) atoms. The second kappa shape index (κ2) is 2.99. The van der Waals surface area contributed by atoms with Gasteiger partial charge in [0.2, 0.25) is 0 Å². The predicted octanol–water partition coefficient (Wildman–Crippen LogP) is -2.00. The maximum Gasteiger partial charge on any atom is 0.0830 e. The molecule has 0 saturated carbocycles. The molecular formula is C4H11N3O. The third-order valence-electron chi connectivity index (χ3n) is 1.13. The molecule has 0 bridgehead atoms. The van der Waals surface area contributed by atoms with Gasteiger partial charge in [-0.3, -0.25) is 16.0 Å². The first-order valence-corrected chi connectivity index (χ1v) is 2.72. The number of hydrogen-bond acceptors (Lipinski definition) is 4. The molecule has 0 aromatic carbocycles. The van der Waals surface area contributed by atoms with Gasteiger partial charge in [0.1, 0.15) is 0 Å². The molecule has 1 heterocycles. The van der Waals surface area contributed by atoms with E-state index in [1.807, 2.05) is 0 Å². The fraction of sp³-hybridized carbons (Fsp3) is 1.00. The summed E-state index contributed by atoms with van der Waals surface area (Å²) in [5.74, 6) is 0.